The SMILES string of the molecule is CNC(=O)[C@@H]1COC(=O)N1Cc1ccc(C(F)(F)F)cc1. The van der Waals surface area contributed by atoms with Crippen LogP contribution in [0.25, 0.3) is 0 Å². The smallest absolute Gasteiger partial charge is 0.416 e. The third kappa shape index (κ3) is 3.26. The molecule has 21 heavy (non-hydrogen) atoms. The molecule has 8 heteroatoms. The Labute approximate surface area is 118 Å². The molecule has 0 aromatic heterocycles. The minimum absolute atomic E-state index is 0.00899. The van der Waals surface area contributed by atoms with Crippen molar-refractivity contribution in [3.05, 3.63) is 35.4 Å². The Morgan fingerprint density at radius 1 is 1.38 bits per heavy atom. The Kier molecular flexibility index (Phi) is 4.06. The highest BCUT2D eigenvalue weighted by Crippen LogP contribution is 2.29. The lowest BCUT2D eigenvalue weighted by Crippen LogP contribution is -2.44. The topological polar surface area (TPSA) is 58.6 Å². The summed E-state index contributed by atoms with van der Waals surface area (Å²) in [4.78, 5) is 24.4. The second-order valence-corrected chi connectivity index (χ2v) is 4.53. The zero-order valence-corrected chi connectivity index (χ0v) is 11.1. The zero-order valence-electron chi connectivity index (χ0n) is 11.1. The normalized spacial score (nSPS) is 18.6. The Hall–Kier alpha value is -2.25. The van der Waals surface area contributed by atoms with Crippen molar-refractivity contribution < 1.29 is 27.5 Å². The second-order valence-electron chi connectivity index (χ2n) is 4.53. The average molecular weight is 302 g/mol. The van der Waals surface area contributed by atoms with Crippen LogP contribution in [0.4, 0.5) is 18.0 Å². The van der Waals surface area contributed by atoms with Crippen molar-refractivity contribution in [2.75, 3.05) is 13.7 Å². The number of carbonyl (C=O) groups excluding carboxylic acids is 2. The van der Waals surface area contributed by atoms with Gasteiger partial charge in [0.25, 0.3) is 0 Å². The first kappa shape index (κ1) is 15.1. The van der Waals surface area contributed by atoms with Gasteiger partial charge in [-0.05, 0) is 17.7 Å². The van der Waals surface area contributed by atoms with E-state index in [9.17, 15) is 22.8 Å². The van der Waals surface area contributed by atoms with Gasteiger partial charge in [-0.2, -0.15) is 13.2 Å². The molecule has 0 radical (unpaired) electrons. The van der Waals surface area contributed by atoms with Crippen molar-refractivity contribution in [2.45, 2.75) is 18.8 Å². The lowest BCUT2D eigenvalue weighted by molar-refractivity contribution is -0.137. The van der Waals surface area contributed by atoms with Gasteiger partial charge in [-0.25, -0.2) is 4.79 Å². The maximum atomic E-state index is 12.5. The van der Waals surface area contributed by atoms with Crippen molar-refractivity contribution in [1.82, 2.24) is 10.2 Å². The van der Waals surface area contributed by atoms with Crippen LogP contribution in [-0.4, -0.2) is 36.6 Å². The van der Waals surface area contributed by atoms with Gasteiger partial charge in [0.2, 0.25) is 5.91 Å². The molecule has 1 N–H and O–H groups in total. The number of amides is 2. The molecule has 0 unspecified atom stereocenters. The fourth-order valence-electron chi connectivity index (χ4n) is 2.00. The average Bonchev–Trinajstić information content (AvgIpc) is 2.79. The van der Waals surface area contributed by atoms with E-state index in [0.29, 0.717) is 5.56 Å². The van der Waals surface area contributed by atoms with Crippen LogP contribution in [0.2, 0.25) is 0 Å². The largest absolute Gasteiger partial charge is 0.447 e. The van der Waals surface area contributed by atoms with Crippen LogP contribution in [0.5, 0.6) is 0 Å². The maximum absolute atomic E-state index is 12.5. The summed E-state index contributed by atoms with van der Waals surface area (Å²) in [6, 6.07) is 3.65. The van der Waals surface area contributed by atoms with Crippen molar-refractivity contribution >= 4 is 12.0 Å². The van der Waals surface area contributed by atoms with E-state index in [-0.39, 0.29) is 19.1 Å². The number of nitrogens with one attached hydrogen (secondary N) is 1. The molecule has 1 aliphatic rings. The van der Waals surface area contributed by atoms with Crippen LogP contribution >= 0.6 is 0 Å². The highest BCUT2D eigenvalue weighted by molar-refractivity contribution is 5.87. The summed E-state index contributed by atoms with van der Waals surface area (Å²) < 4.78 is 42.2. The van der Waals surface area contributed by atoms with Gasteiger partial charge >= 0.3 is 12.3 Å². The maximum Gasteiger partial charge on any atom is 0.416 e. The minimum atomic E-state index is -4.41. The second kappa shape index (κ2) is 5.63. The number of benzene rings is 1. The molecule has 0 saturated carbocycles. The highest BCUT2D eigenvalue weighted by Gasteiger charge is 2.37. The molecule has 1 aliphatic heterocycles. The molecule has 1 atom stereocenters. The number of ether oxygens (including phenoxy) is 1. The molecule has 2 rings (SSSR count). The predicted octanol–water partition coefficient (Wildman–Crippen LogP) is 1.77. The van der Waals surface area contributed by atoms with Crippen LogP contribution in [-0.2, 0) is 22.3 Å². The molecule has 2 amide bonds. The fraction of sp³-hybridized carbons (Fsp3) is 0.385. The molecule has 5 nitrogen and oxygen atoms in total. The third-order valence-electron chi connectivity index (χ3n) is 3.16. The van der Waals surface area contributed by atoms with Gasteiger partial charge < -0.3 is 10.1 Å². The number of nitrogens with zero attached hydrogens (tertiary/aromatic N) is 1. The standard InChI is InChI=1S/C13H13F3N2O3/c1-17-11(19)10-7-21-12(20)18(10)6-8-2-4-9(5-3-8)13(14,15)16/h2-5,10H,6-7H2,1H3,(H,17,19)/t10-/m0/s1. The van der Waals surface area contributed by atoms with Crippen molar-refractivity contribution in [3.63, 3.8) is 0 Å². The van der Waals surface area contributed by atoms with Gasteiger partial charge in [0.1, 0.15) is 12.6 Å². The summed E-state index contributed by atoms with van der Waals surface area (Å²) >= 11 is 0. The molecule has 1 heterocycles. The molecule has 0 spiro atoms. The molecule has 1 aromatic rings. The summed E-state index contributed by atoms with van der Waals surface area (Å²) in [5.74, 6) is -0.382. The number of halogens is 3. The van der Waals surface area contributed by atoms with Gasteiger partial charge in [0.15, 0.2) is 0 Å². The first-order valence-corrected chi connectivity index (χ1v) is 6.14. The monoisotopic (exact) mass is 302 g/mol. The summed E-state index contributed by atoms with van der Waals surface area (Å²) in [6.07, 6.45) is -5.07. The van der Waals surface area contributed by atoms with E-state index < -0.39 is 23.9 Å². The van der Waals surface area contributed by atoms with Crippen LogP contribution in [0, 0.1) is 0 Å². The number of likely N-dealkylation sites (N-methyl/N-ethyl adjacent to an activating group) is 1. The van der Waals surface area contributed by atoms with E-state index in [1.54, 1.807) is 0 Å². The minimum Gasteiger partial charge on any atom is -0.447 e. The number of rotatable bonds is 3. The van der Waals surface area contributed by atoms with E-state index in [1.807, 2.05) is 0 Å². The van der Waals surface area contributed by atoms with Crippen LogP contribution in [0.15, 0.2) is 24.3 Å². The Morgan fingerprint density at radius 3 is 2.52 bits per heavy atom. The van der Waals surface area contributed by atoms with Crippen LogP contribution in [0.1, 0.15) is 11.1 Å². The fourth-order valence-corrected chi connectivity index (χ4v) is 2.00. The van der Waals surface area contributed by atoms with Gasteiger partial charge in [-0.3, -0.25) is 9.69 Å². The van der Waals surface area contributed by atoms with E-state index >= 15 is 0 Å². The predicted molar refractivity (Wildman–Crippen MR) is 66.2 cm³/mol. The van der Waals surface area contributed by atoms with Crippen molar-refractivity contribution in [1.29, 1.82) is 0 Å². The Morgan fingerprint density at radius 2 is 2.00 bits per heavy atom. The third-order valence-corrected chi connectivity index (χ3v) is 3.16. The summed E-state index contributed by atoms with van der Waals surface area (Å²) in [7, 11) is 1.43. The summed E-state index contributed by atoms with van der Waals surface area (Å²) in [5, 5.41) is 2.41. The van der Waals surface area contributed by atoms with Crippen LogP contribution in [0.3, 0.4) is 0 Å². The number of cyclic esters (lactones) is 1. The molecule has 1 saturated heterocycles. The van der Waals surface area contributed by atoms with E-state index in [1.165, 1.54) is 24.1 Å². The van der Waals surface area contributed by atoms with Crippen molar-refractivity contribution in [2.24, 2.45) is 0 Å². The number of alkyl halides is 3. The first-order valence-electron chi connectivity index (χ1n) is 6.14. The number of carbonyl (C=O) groups is 2. The van der Waals surface area contributed by atoms with Gasteiger partial charge in [-0.1, -0.05) is 12.1 Å². The first-order chi connectivity index (χ1) is 9.82. The summed E-state index contributed by atoms with van der Waals surface area (Å²) in [6.45, 7) is -0.0613. The molecule has 1 aromatic carbocycles. The Bertz CT molecular complexity index is 543. The molecule has 1 fully saturated rings. The van der Waals surface area contributed by atoms with Gasteiger partial charge in [0, 0.05) is 7.05 Å². The van der Waals surface area contributed by atoms with Crippen LogP contribution < -0.4 is 5.32 Å². The lowest BCUT2D eigenvalue weighted by Gasteiger charge is -2.20. The highest BCUT2D eigenvalue weighted by atomic mass is 19.4. The van der Waals surface area contributed by atoms with Gasteiger partial charge in [0.05, 0.1) is 12.1 Å². The molecule has 0 bridgehead atoms. The van der Waals surface area contributed by atoms with Gasteiger partial charge in [-0.15, -0.1) is 0 Å². The Balaban J connectivity index is 2.13. The van der Waals surface area contributed by atoms with Crippen molar-refractivity contribution in [3.8, 4) is 0 Å². The summed E-state index contributed by atoms with van der Waals surface area (Å²) in [5.41, 5.74) is -0.283. The zero-order chi connectivity index (χ0) is 15.6. The number of hydrogen-bond donors (Lipinski definition) is 1. The molecule has 114 valence electrons. The van der Waals surface area contributed by atoms with E-state index in [2.05, 4.69) is 5.32 Å². The van der Waals surface area contributed by atoms with E-state index in [4.69, 9.17) is 4.74 Å². The quantitative estimate of drug-likeness (QED) is 0.926. The molecule has 0 aliphatic carbocycles. The van der Waals surface area contributed by atoms with E-state index in [0.717, 1.165) is 12.1 Å². The number of hydrogen-bond acceptors (Lipinski definition) is 3. The molecular weight excluding hydrogens is 289 g/mol. The molecular formula is C13H13F3N2O3. The lowest BCUT2D eigenvalue weighted by atomic mass is 10.1.